The van der Waals surface area contributed by atoms with E-state index in [9.17, 15) is 13.2 Å². The van der Waals surface area contributed by atoms with Gasteiger partial charge in [0, 0.05) is 44.2 Å². The Bertz CT molecular complexity index is 1270. The predicted molar refractivity (Wildman–Crippen MR) is 125 cm³/mol. The number of anilines is 1. The highest BCUT2D eigenvalue weighted by Gasteiger charge is 2.30. The molecular weight excluding hydrogens is 445 g/mol. The first kappa shape index (κ1) is 23.0. The van der Waals surface area contributed by atoms with Crippen LogP contribution in [-0.2, 0) is 21.3 Å². The SMILES string of the molecule is COC(=O)N(C)Cc1cccc(N2CCN(S(=O)(=O)c3cccc4ccccc34)CC2)c1F. The van der Waals surface area contributed by atoms with E-state index >= 15 is 4.39 Å². The van der Waals surface area contributed by atoms with Crippen molar-refractivity contribution in [3.05, 3.63) is 72.0 Å². The molecule has 9 heteroatoms. The Morgan fingerprint density at radius 3 is 2.39 bits per heavy atom. The summed E-state index contributed by atoms with van der Waals surface area (Å²) in [6, 6.07) is 17.7. The molecule has 174 valence electrons. The number of benzene rings is 3. The van der Waals surface area contributed by atoms with Crippen LogP contribution in [0.1, 0.15) is 5.56 Å². The van der Waals surface area contributed by atoms with Crippen molar-refractivity contribution in [2.24, 2.45) is 0 Å². The second kappa shape index (κ2) is 9.36. The van der Waals surface area contributed by atoms with Crippen LogP contribution in [0.4, 0.5) is 14.9 Å². The molecule has 1 aliphatic heterocycles. The summed E-state index contributed by atoms with van der Waals surface area (Å²) in [7, 11) is -0.874. The summed E-state index contributed by atoms with van der Waals surface area (Å²) in [6.45, 7) is 1.28. The Kier molecular flexibility index (Phi) is 6.53. The largest absolute Gasteiger partial charge is 0.453 e. The van der Waals surface area contributed by atoms with Crippen molar-refractivity contribution in [3.63, 3.8) is 0 Å². The van der Waals surface area contributed by atoms with Gasteiger partial charge in [-0.2, -0.15) is 4.31 Å². The first-order valence-corrected chi connectivity index (χ1v) is 12.1. The zero-order valence-electron chi connectivity index (χ0n) is 18.6. The molecule has 0 N–H and O–H groups in total. The molecule has 0 bridgehead atoms. The number of halogens is 1. The van der Waals surface area contributed by atoms with Crippen molar-refractivity contribution in [2.45, 2.75) is 11.4 Å². The molecule has 0 aromatic heterocycles. The Hall–Kier alpha value is -3.17. The molecule has 0 radical (unpaired) electrons. The van der Waals surface area contributed by atoms with Crippen molar-refractivity contribution in [1.82, 2.24) is 9.21 Å². The molecule has 33 heavy (non-hydrogen) atoms. The third-order valence-corrected chi connectivity index (χ3v) is 7.86. The molecule has 1 heterocycles. The molecule has 0 atom stereocenters. The average molecular weight is 472 g/mol. The van der Waals surface area contributed by atoms with Crippen LogP contribution < -0.4 is 4.90 Å². The molecule has 1 amide bonds. The number of carbonyl (C=O) groups excluding carboxylic acids is 1. The van der Waals surface area contributed by atoms with Gasteiger partial charge in [-0.1, -0.05) is 48.5 Å². The lowest BCUT2D eigenvalue weighted by Crippen LogP contribution is -2.49. The Labute approximate surface area is 193 Å². The Morgan fingerprint density at radius 2 is 1.67 bits per heavy atom. The molecule has 0 unspecified atom stereocenters. The molecular formula is C24H26FN3O4S. The van der Waals surface area contributed by atoms with Crippen molar-refractivity contribution in [1.29, 1.82) is 0 Å². The minimum Gasteiger partial charge on any atom is -0.453 e. The third-order valence-electron chi connectivity index (χ3n) is 5.90. The third kappa shape index (κ3) is 4.51. The van der Waals surface area contributed by atoms with Crippen LogP contribution in [0.2, 0.25) is 0 Å². The topological polar surface area (TPSA) is 70.2 Å². The fourth-order valence-corrected chi connectivity index (χ4v) is 5.77. The molecule has 0 saturated carbocycles. The predicted octanol–water partition coefficient (Wildman–Crippen LogP) is 3.69. The molecule has 3 aromatic rings. The summed E-state index contributed by atoms with van der Waals surface area (Å²) in [5, 5.41) is 1.56. The molecule has 4 rings (SSSR count). The number of hydrogen-bond donors (Lipinski definition) is 0. The summed E-state index contributed by atoms with van der Waals surface area (Å²) < 4.78 is 48.1. The van der Waals surface area contributed by atoms with Crippen LogP contribution >= 0.6 is 0 Å². The number of hydrogen-bond acceptors (Lipinski definition) is 5. The lowest BCUT2D eigenvalue weighted by atomic mass is 10.1. The van der Waals surface area contributed by atoms with Crippen molar-refractivity contribution < 1.29 is 22.3 Å². The highest BCUT2D eigenvalue weighted by molar-refractivity contribution is 7.89. The zero-order valence-corrected chi connectivity index (χ0v) is 19.4. The quantitative estimate of drug-likeness (QED) is 0.568. The summed E-state index contributed by atoms with van der Waals surface area (Å²) in [5.74, 6) is -0.418. The Balaban J connectivity index is 1.51. The summed E-state index contributed by atoms with van der Waals surface area (Å²) in [6.07, 6.45) is -0.549. The molecule has 1 saturated heterocycles. The maximum atomic E-state index is 15.2. The number of ether oxygens (including phenoxy) is 1. The van der Waals surface area contributed by atoms with E-state index in [1.807, 2.05) is 35.2 Å². The molecule has 1 fully saturated rings. The minimum atomic E-state index is -3.69. The second-order valence-corrected chi connectivity index (χ2v) is 9.85. The van der Waals surface area contributed by atoms with Crippen molar-refractivity contribution >= 4 is 32.6 Å². The van der Waals surface area contributed by atoms with E-state index in [1.54, 1.807) is 30.3 Å². The van der Waals surface area contributed by atoms with Gasteiger partial charge in [0.25, 0.3) is 0 Å². The number of amides is 1. The van der Waals surface area contributed by atoms with Crippen LogP contribution in [0.5, 0.6) is 0 Å². The monoisotopic (exact) mass is 471 g/mol. The van der Waals surface area contributed by atoms with Gasteiger partial charge in [0.15, 0.2) is 5.82 Å². The minimum absolute atomic E-state index is 0.0712. The van der Waals surface area contributed by atoms with Gasteiger partial charge >= 0.3 is 6.09 Å². The summed E-state index contributed by atoms with van der Waals surface area (Å²) in [5.41, 5.74) is 0.763. The van der Waals surface area contributed by atoms with E-state index in [0.29, 0.717) is 29.7 Å². The highest BCUT2D eigenvalue weighted by atomic mass is 32.2. The lowest BCUT2D eigenvalue weighted by Gasteiger charge is -2.36. The smallest absolute Gasteiger partial charge is 0.409 e. The van der Waals surface area contributed by atoms with Crippen LogP contribution in [0.3, 0.4) is 0 Å². The van der Waals surface area contributed by atoms with E-state index in [4.69, 9.17) is 0 Å². The van der Waals surface area contributed by atoms with Crippen LogP contribution in [0.25, 0.3) is 10.8 Å². The first-order chi connectivity index (χ1) is 15.8. The number of methoxy groups -OCH3 is 1. The van der Waals surface area contributed by atoms with Gasteiger partial charge in [-0.05, 0) is 17.5 Å². The maximum Gasteiger partial charge on any atom is 0.409 e. The van der Waals surface area contributed by atoms with Gasteiger partial charge in [-0.3, -0.25) is 0 Å². The lowest BCUT2D eigenvalue weighted by molar-refractivity contribution is 0.131. The number of rotatable bonds is 5. The van der Waals surface area contributed by atoms with E-state index in [0.717, 1.165) is 5.39 Å². The van der Waals surface area contributed by atoms with Gasteiger partial charge in [0.2, 0.25) is 10.0 Å². The first-order valence-electron chi connectivity index (χ1n) is 10.6. The van der Waals surface area contributed by atoms with Gasteiger partial charge in [0.1, 0.15) is 0 Å². The zero-order chi connectivity index (χ0) is 23.6. The summed E-state index contributed by atoms with van der Waals surface area (Å²) >= 11 is 0. The fourth-order valence-electron chi connectivity index (χ4n) is 4.14. The maximum absolute atomic E-state index is 15.2. The van der Waals surface area contributed by atoms with Crippen LogP contribution in [-0.4, -0.2) is 64.1 Å². The average Bonchev–Trinajstić information content (AvgIpc) is 2.84. The standard InChI is InChI=1S/C24H26FN3O4S/c1-26(24(29)32-2)17-19-9-5-11-21(23(19)25)27-13-15-28(16-14-27)33(30,31)22-12-6-8-18-7-3-4-10-20(18)22/h3-12H,13-17H2,1-2H3. The van der Waals surface area contributed by atoms with Crippen molar-refractivity contribution in [3.8, 4) is 0 Å². The molecule has 0 spiro atoms. The van der Waals surface area contributed by atoms with E-state index < -0.39 is 21.9 Å². The fraction of sp³-hybridized carbons (Fsp3) is 0.292. The number of fused-ring (bicyclic) bond motifs is 1. The molecule has 3 aromatic carbocycles. The number of sulfonamides is 1. The van der Waals surface area contributed by atoms with E-state index in [2.05, 4.69) is 4.74 Å². The number of piperazine rings is 1. The van der Waals surface area contributed by atoms with Gasteiger partial charge in [-0.15, -0.1) is 0 Å². The highest BCUT2D eigenvalue weighted by Crippen LogP contribution is 2.29. The van der Waals surface area contributed by atoms with Crippen LogP contribution in [0.15, 0.2) is 65.6 Å². The normalized spacial score (nSPS) is 14.9. The molecule has 1 aliphatic rings. The summed E-state index contributed by atoms with van der Waals surface area (Å²) in [4.78, 5) is 15.1. The van der Waals surface area contributed by atoms with E-state index in [1.165, 1.54) is 23.4 Å². The van der Waals surface area contributed by atoms with Crippen molar-refractivity contribution in [2.75, 3.05) is 45.2 Å². The Morgan fingerprint density at radius 1 is 1.00 bits per heavy atom. The second-order valence-electron chi connectivity index (χ2n) is 7.94. The van der Waals surface area contributed by atoms with Gasteiger partial charge in [-0.25, -0.2) is 17.6 Å². The number of carbonyl (C=O) groups is 1. The van der Waals surface area contributed by atoms with Gasteiger partial charge in [0.05, 0.1) is 24.2 Å². The van der Waals surface area contributed by atoms with Crippen LogP contribution in [0, 0.1) is 5.82 Å². The molecule has 0 aliphatic carbocycles. The molecule has 7 nitrogen and oxygen atoms in total. The number of nitrogens with zero attached hydrogens (tertiary/aromatic N) is 3. The van der Waals surface area contributed by atoms with E-state index in [-0.39, 0.29) is 24.5 Å². The van der Waals surface area contributed by atoms with Gasteiger partial charge < -0.3 is 14.5 Å².